The Hall–Kier alpha value is -2.78. The molecule has 0 unspecified atom stereocenters. The zero-order valence-corrected chi connectivity index (χ0v) is 13.1. The number of benzene rings is 3. The molecular formula is C19H14ClN3. The highest BCUT2D eigenvalue weighted by Gasteiger charge is 1.94. The molecule has 0 bridgehead atoms. The minimum Gasteiger partial charge on any atom is -0.256 e. The predicted octanol–water partition coefficient (Wildman–Crippen LogP) is 6.51. The fourth-order valence-corrected chi connectivity index (χ4v) is 2.13. The van der Waals surface area contributed by atoms with Gasteiger partial charge in [0, 0.05) is 11.2 Å². The summed E-state index contributed by atoms with van der Waals surface area (Å²) in [6.07, 6.45) is 1.84. The normalized spacial score (nSPS) is 11.3. The van der Waals surface area contributed by atoms with Crippen molar-refractivity contribution in [3.8, 4) is 0 Å². The Labute approximate surface area is 140 Å². The smallest absolute Gasteiger partial charge is 0.0871 e. The van der Waals surface area contributed by atoms with Crippen molar-refractivity contribution in [2.75, 3.05) is 0 Å². The summed E-state index contributed by atoms with van der Waals surface area (Å²) in [5, 5.41) is 9.00. The lowest BCUT2D eigenvalue weighted by atomic mass is 10.2. The van der Waals surface area contributed by atoms with Crippen molar-refractivity contribution in [3.63, 3.8) is 0 Å². The number of aliphatic imine (C=N–C) groups is 1. The van der Waals surface area contributed by atoms with E-state index in [2.05, 4.69) is 15.2 Å². The lowest BCUT2D eigenvalue weighted by Gasteiger charge is -1.96. The van der Waals surface area contributed by atoms with Gasteiger partial charge in [0.1, 0.15) is 0 Å². The molecule has 0 radical (unpaired) electrons. The molecule has 112 valence electrons. The first-order valence-electron chi connectivity index (χ1n) is 7.16. The molecule has 0 fully saturated rings. The lowest BCUT2D eigenvalue weighted by molar-refractivity contribution is 1.23. The van der Waals surface area contributed by atoms with Crippen LogP contribution in [0.25, 0.3) is 0 Å². The van der Waals surface area contributed by atoms with Gasteiger partial charge < -0.3 is 0 Å². The average Bonchev–Trinajstić information content (AvgIpc) is 2.60. The van der Waals surface area contributed by atoms with Crippen LogP contribution in [-0.4, -0.2) is 6.21 Å². The predicted molar refractivity (Wildman–Crippen MR) is 95.8 cm³/mol. The molecular weight excluding hydrogens is 306 g/mol. The Bertz CT molecular complexity index is 825. The summed E-state index contributed by atoms with van der Waals surface area (Å²) in [7, 11) is 0. The van der Waals surface area contributed by atoms with E-state index in [-0.39, 0.29) is 0 Å². The van der Waals surface area contributed by atoms with Crippen molar-refractivity contribution in [2.45, 2.75) is 0 Å². The van der Waals surface area contributed by atoms with Gasteiger partial charge in [-0.15, -0.1) is 0 Å². The van der Waals surface area contributed by atoms with Gasteiger partial charge in [-0.3, -0.25) is 4.99 Å². The number of azo groups is 1. The van der Waals surface area contributed by atoms with Crippen molar-refractivity contribution in [2.24, 2.45) is 15.2 Å². The minimum atomic E-state index is 0.645. The molecule has 0 saturated heterocycles. The van der Waals surface area contributed by atoms with Crippen LogP contribution in [0.2, 0.25) is 5.02 Å². The Kier molecular flexibility index (Phi) is 4.92. The summed E-state index contributed by atoms with van der Waals surface area (Å²) in [6.45, 7) is 0. The third kappa shape index (κ3) is 4.59. The molecule has 0 saturated carbocycles. The summed E-state index contributed by atoms with van der Waals surface area (Å²) in [5.41, 5.74) is 3.43. The van der Waals surface area contributed by atoms with Crippen molar-refractivity contribution in [1.29, 1.82) is 0 Å². The zero-order valence-electron chi connectivity index (χ0n) is 12.3. The standard InChI is InChI=1S/C19H14ClN3/c20-16-7-4-8-19(13-16)23-22-18-11-9-17(10-12-18)21-14-15-5-2-1-3-6-15/h1-14H. The first kappa shape index (κ1) is 15.1. The van der Waals surface area contributed by atoms with E-state index in [9.17, 15) is 0 Å². The second-order valence-corrected chi connectivity index (χ2v) is 5.30. The van der Waals surface area contributed by atoms with Gasteiger partial charge in [0.2, 0.25) is 0 Å². The van der Waals surface area contributed by atoms with Crippen LogP contribution in [0, 0.1) is 0 Å². The molecule has 23 heavy (non-hydrogen) atoms. The number of hydrogen-bond acceptors (Lipinski definition) is 3. The fraction of sp³-hybridized carbons (Fsp3) is 0. The number of halogens is 1. The average molecular weight is 320 g/mol. The molecule has 0 spiro atoms. The van der Waals surface area contributed by atoms with Crippen LogP contribution in [0.4, 0.5) is 17.1 Å². The summed E-state index contributed by atoms with van der Waals surface area (Å²) >= 11 is 5.92. The molecule has 0 amide bonds. The largest absolute Gasteiger partial charge is 0.256 e. The van der Waals surface area contributed by atoms with Gasteiger partial charge in [0.05, 0.1) is 17.1 Å². The summed E-state index contributed by atoms with van der Waals surface area (Å²) < 4.78 is 0. The summed E-state index contributed by atoms with van der Waals surface area (Å²) in [4.78, 5) is 4.43. The van der Waals surface area contributed by atoms with E-state index in [4.69, 9.17) is 11.6 Å². The molecule has 0 aliphatic rings. The van der Waals surface area contributed by atoms with E-state index in [0.29, 0.717) is 5.02 Å². The molecule has 0 N–H and O–H groups in total. The van der Waals surface area contributed by atoms with Crippen LogP contribution < -0.4 is 0 Å². The molecule has 0 atom stereocenters. The van der Waals surface area contributed by atoms with Gasteiger partial charge in [-0.05, 0) is 48.0 Å². The van der Waals surface area contributed by atoms with Gasteiger partial charge in [0.25, 0.3) is 0 Å². The van der Waals surface area contributed by atoms with Gasteiger partial charge in [-0.1, -0.05) is 48.0 Å². The molecule has 0 aliphatic carbocycles. The quantitative estimate of drug-likeness (QED) is 0.388. The summed E-state index contributed by atoms with van der Waals surface area (Å²) in [5.74, 6) is 0. The molecule has 3 aromatic carbocycles. The van der Waals surface area contributed by atoms with E-state index in [0.717, 1.165) is 22.6 Å². The van der Waals surface area contributed by atoms with Crippen LogP contribution in [0.5, 0.6) is 0 Å². The third-order valence-corrected chi connectivity index (χ3v) is 3.34. The zero-order chi connectivity index (χ0) is 15.9. The lowest BCUT2D eigenvalue weighted by Crippen LogP contribution is -1.77. The molecule has 0 aliphatic heterocycles. The first-order valence-corrected chi connectivity index (χ1v) is 7.54. The highest BCUT2D eigenvalue weighted by Crippen LogP contribution is 2.23. The maximum atomic E-state index is 5.92. The SMILES string of the molecule is Clc1cccc(N=Nc2ccc(N=Cc3ccccc3)cc2)c1. The molecule has 4 heteroatoms. The molecule has 3 nitrogen and oxygen atoms in total. The summed E-state index contributed by atoms with van der Waals surface area (Å²) in [6, 6.07) is 24.8. The molecule has 0 aromatic heterocycles. The highest BCUT2D eigenvalue weighted by atomic mass is 35.5. The Balaban J connectivity index is 1.68. The van der Waals surface area contributed by atoms with E-state index >= 15 is 0 Å². The topological polar surface area (TPSA) is 37.1 Å². The van der Waals surface area contributed by atoms with Crippen molar-refractivity contribution >= 4 is 34.9 Å². The highest BCUT2D eigenvalue weighted by molar-refractivity contribution is 6.30. The van der Waals surface area contributed by atoms with Crippen LogP contribution in [0.1, 0.15) is 5.56 Å². The number of rotatable bonds is 4. The third-order valence-electron chi connectivity index (χ3n) is 3.10. The van der Waals surface area contributed by atoms with Gasteiger partial charge in [-0.25, -0.2) is 0 Å². The second-order valence-electron chi connectivity index (χ2n) is 4.87. The van der Waals surface area contributed by atoms with Gasteiger partial charge in [0.15, 0.2) is 0 Å². The van der Waals surface area contributed by atoms with Crippen LogP contribution >= 0.6 is 11.6 Å². The van der Waals surface area contributed by atoms with E-state index < -0.39 is 0 Å². The first-order chi connectivity index (χ1) is 11.3. The Morgan fingerprint density at radius 3 is 2.09 bits per heavy atom. The van der Waals surface area contributed by atoms with Crippen molar-refractivity contribution in [3.05, 3.63) is 89.4 Å². The van der Waals surface area contributed by atoms with E-state index in [1.54, 1.807) is 12.1 Å². The second kappa shape index (κ2) is 7.47. The number of hydrogen-bond donors (Lipinski definition) is 0. The number of nitrogens with zero attached hydrogens (tertiary/aromatic N) is 3. The van der Waals surface area contributed by atoms with Crippen molar-refractivity contribution in [1.82, 2.24) is 0 Å². The maximum absolute atomic E-state index is 5.92. The molecule has 0 heterocycles. The van der Waals surface area contributed by atoms with E-state index in [1.807, 2.05) is 72.9 Å². The Morgan fingerprint density at radius 2 is 1.35 bits per heavy atom. The maximum Gasteiger partial charge on any atom is 0.0871 e. The van der Waals surface area contributed by atoms with Crippen LogP contribution in [0.3, 0.4) is 0 Å². The van der Waals surface area contributed by atoms with Gasteiger partial charge >= 0.3 is 0 Å². The monoisotopic (exact) mass is 319 g/mol. The van der Waals surface area contributed by atoms with Gasteiger partial charge in [-0.2, -0.15) is 10.2 Å². The molecule has 3 rings (SSSR count). The van der Waals surface area contributed by atoms with Crippen molar-refractivity contribution < 1.29 is 0 Å². The van der Waals surface area contributed by atoms with Crippen LogP contribution in [-0.2, 0) is 0 Å². The molecule has 3 aromatic rings. The minimum absolute atomic E-state index is 0.645. The van der Waals surface area contributed by atoms with E-state index in [1.165, 1.54) is 0 Å². The fourth-order valence-electron chi connectivity index (χ4n) is 1.95. The van der Waals surface area contributed by atoms with Crippen LogP contribution in [0.15, 0.2) is 94.1 Å². The Morgan fingerprint density at radius 1 is 0.652 bits per heavy atom.